The van der Waals surface area contributed by atoms with E-state index in [9.17, 15) is 4.79 Å². The summed E-state index contributed by atoms with van der Waals surface area (Å²) >= 11 is 6.22. The molecule has 0 amide bonds. The third-order valence-electron chi connectivity index (χ3n) is 3.07. The molecule has 4 nitrogen and oxygen atoms in total. The highest BCUT2D eigenvalue weighted by Gasteiger charge is 2.10. The molecule has 0 aliphatic heterocycles. The molecule has 0 radical (unpaired) electrons. The first-order valence-electron chi connectivity index (χ1n) is 6.41. The van der Waals surface area contributed by atoms with Gasteiger partial charge in [0.15, 0.2) is 0 Å². The Hall–Kier alpha value is -1.94. The molecule has 0 saturated carbocycles. The van der Waals surface area contributed by atoms with Crippen molar-refractivity contribution in [1.29, 1.82) is 0 Å². The number of carbonyl (C=O) groups excluding carboxylic acids is 1. The maximum absolute atomic E-state index is 11.4. The molecule has 0 unspecified atom stereocenters. The number of hydrogen-bond donors (Lipinski definition) is 1. The van der Waals surface area contributed by atoms with Crippen LogP contribution in [0.4, 0.5) is 0 Å². The van der Waals surface area contributed by atoms with Crippen LogP contribution in [0.25, 0.3) is 16.6 Å². The number of nitrogens with zero attached hydrogens (tertiary/aromatic N) is 1. The summed E-state index contributed by atoms with van der Waals surface area (Å²) in [6.45, 7) is 6.44. The van der Waals surface area contributed by atoms with E-state index in [2.05, 4.69) is 6.58 Å². The van der Waals surface area contributed by atoms with Crippen LogP contribution in [0.1, 0.15) is 18.9 Å². The van der Waals surface area contributed by atoms with Crippen molar-refractivity contribution in [2.75, 3.05) is 6.61 Å². The Morgan fingerprint density at radius 2 is 2.25 bits per heavy atom. The average Bonchev–Trinajstić information content (AvgIpc) is 2.73. The molecule has 1 heterocycles. The molecular formula is C15H17ClN2O2. The van der Waals surface area contributed by atoms with E-state index in [1.807, 2.05) is 29.0 Å². The fourth-order valence-electron chi connectivity index (χ4n) is 2.08. The highest BCUT2D eigenvalue weighted by atomic mass is 35.5. The maximum atomic E-state index is 11.4. The number of halogens is 1. The summed E-state index contributed by atoms with van der Waals surface area (Å²) in [5.74, 6) is -0.211. The molecule has 0 atom stereocenters. The Morgan fingerprint density at radius 3 is 2.90 bits per heavy atom. The molecule has 20 heavy (non-hydrogen) atoms. The van der Waals surface area contributed by atoms with E-state index >= 15 is 0 Å². The quantitative estimate of drug-likeness (QED) is 0.861. The van der Waals surface area contributed by atoms with E-state index in [1.54, 1.807) is 6.92 Å². The second kappa shape index (κ2) is 6.01. The van der Waals surface area contributed by atoms with Crippen LogP contribution in [0.5, 0.6) is 0 Å². The first kappa shape index (κ1) is 14.5. The predicted octanol–water partition coefficient (Wildman–Crippen LogP) is 3.18. The fourth-order valence-corrected chi connectivity index (χ4v) is 2.35. The number of fused-ring (bicyclic) bond motifs is 1. The van der Waals surface area contributed by atoms with Crippen molar-refractivity contribution in [3.8, 4) is 0 Å². The Labute approximate surface area is 122 Å². The number of nitrogens with two attached hydrogens (primary N) is 1. The number of aromatic nitrogens is 1. The number of ether oxygens (including phenoxy) is 1. The van der Waals surface area contributed by atoms with Crippen LogP contribution in [0.3, 0.4) is 0 Å². The second-order valence-electron chi connectivity index (χ2n) is 4.48. The van der Waals surface area contributed by atoms with E-state index in [1.165, 1.54) is 0 Å². The summed E-state index contributed by atoms with van der Waals surface area (Å²) < 4.78 is 6.86. The van der Waals surface area contributed by atoms with Gasteiger partial charge in [-0.15, -0.1) is 0 Å². The predicted molar refractivity (Wildman–Crippen MR) is 81.4 cm³/mol. The number of rotatable bonds is 5. The molecular weight excluding hydrogens is 276 g/mol. The molecule has 0 saturated heterocycles. The van der Waals surface area contributed by atoms with Gasteiger partial charge in [-0.2, -0.15) is 0 Å². The normalized spacial score (nSPS) is 10.7. The van der Waals surface area contributed by atoms with Crippen molar-refractivity contribution in [1.82, 2.24) is 4.57 Å². The molecule has 2 aromatic rings. The highest BCUT2D eigenvalue weighted by Crippen LogP contribution is 2.28. The average molecular weight is 293 g/mol. The van der Waals surface area contributed by atoms with Crippen LogP contribution in [0.15, 0.2) is 31.0 Å². The van der Waals surface area contributed by atoms with Crippen LogP contribution in [0.2, 0.25) is 5.02 Å². The minimum Gasteiger partial charge on any atom is -0.466 e. The van der Waals surface area contributed by atoms with E-state index < -0.39 is 0 Å². The molecule has 0 bridgehead atoms. The smallest absolute Gasteiger partial charge is 0.307 e. The third-order valence-corrected chi connectivity index (χ3v) is 3.37. The third kappa shape index (κ3) is 2.96. The van der Waals surface area contributed by atoms with Gasteiger partial charge in [0.05, 0.1) is 18.1 Å². The minimum atomic E-state index is -0.211. The molecule has 1 aromatic heterocycles. The summed E-state index contributed by atoms with van der Waals surface area (Å²) in [5.41, 5.74) is 8.00. The van der Waals surface area contributed by atoms with Gasteiger partial charge >= 0.3 is 5.97 Å². The number of benzene rings is 1. The Morgan fingerprint density at radius 1 is 1.50 bits per heavy atom. The molecule has 2 N–H and O–H groups in total. The Bertz CT molecular complexity index is 661. The number of aryl methyl sites for hydroxylation is 1. The van der Waals surface area contributed by atoms with Gasteiger partial charge in [0.1, 0.15) is 0 Å². The summed E-state index contributed by atoms with van der Waals surface area (Å²) in [6.07, 6.45) is 2.13. The molecule has 2 rings (SSSR count). The lowest BCUT2D eigenvalue weighted by molar-refractivity contribution is -0.143. The zero-order valence-corrected chi connectivity index (χ0v) is 12.1. The van der Waals surface area contributed by atoms with Crippen LogP contribution in [0, 0.1) is 0 Å². The number of esters is 1. The Kier molecular flexibility index (Phi) is 4.35. The topological polar surface area (TPSA) is 57.2 Å². The van der Waals surface area contributed by atoms with Gasteiger partial charge in [-0.3, -0.25) is 4.79 Å². The van der Waals surface area contributed by atoms with Crippen molar-refractivity contribution >= 4 is 34.2 Å². The molecule has 0 aliphatic carbocycles. The summed E-state index contributed by atoms with van der Waals surface area (Å²) in [6, 6.07) is 5.72. The summed E-state index contributed by atoms with van der Waals surface area (Å²) in [7, 11) is 0. The molecule has 5 heteroatoms. The zero-order valence-electron chi connectivity index (χ0n) is 11.4. The molecule has 1 aromatic carbocycles. The largest absolute Gasteiger partial charge is 0.466 e. The minimum absolute atomic E-state index is 0.211. The SMILES string of the molecule is C=C(N)c1ccc2c(c1)c(Cl)cn2CCC(=O)OCC. The van der Waals surface area contributed by atoms with Gasteiger partial charge in [-0.25, -0.2) is 0 Å². The van der Waals surface area contributed by atoms with Crippen LogP contribution in [-0.4, -0.2) is 17.1 Å². The lowest BCUT2D eigenvalue weighted by Gasteiger charge is -2.06. The van der Waals surface area contributed by atoms with E-state index in [4.69, 9.17) is 22.1 Å². The first-order valence-corrected chi connectivity index (χ1v) is 6.79. The lowest BCUT2D eigenvalue weighted by atomic mass is 10.1. The van der Waals surface area contributed by atoms with Gasteiger partial charge in [0.25, 0.3) is 0 Å². The standard InChI is InChI=1S/C15H17ClN2O2/c1-3-20-15(19)6-7-18-9-13(16)12-8-11(10(2)17)4-5-14(12)18/h4-5,8-9H,2-3,6-7,17H2,1H3. The molecule has 0 fully saturated rings. The van der Waals surface area contributed by atoms with Gasteiger partial charge in [-0.05, 0) is 24.6 Å². The molecule has 0 aliphatic rings. The van der Waals surface area contributed by atoms with Crippen molar-refractivity contribution < 1.29 is 9.53 Å². The van der Waals surface area contributed by atoms with E-state index in [-0.39, 0.29) is 5.97 Å². The monoisotopic (exact) mass is 292 g/mol. The number of carbonyl (C=O) groups is 1. The maximum Gasteiger partial charge on any atom is 0.307 e. The van der Waals surface area contributed by atoms with Crippen molar-refractivity contribution in [3.63, 3.8) is 0 Å². The van der Waals surface area contributed by atoms with Gasteiger partial charge in [0, 0.05) is 29.3 Å². The van der Waals surface area contributed by atoms with Crippen LogP contribution < -0.4 is 5.73 Å². The van der Waals surface area contributed by atoms with E-state index in [0.717, 1.165) is 16.5 Å². The summed E-state index contributed by atoms with van der Waals surface area (Å²) in [5, 5.41) is 1.53. The lowest BCUT2D eigenvalue weighted by Crippen LogP contribution is -2.08. The van der Waals surface area contributed by atoms with Gasteiger partial charge < -0.3 is 15.0 Å². The second-order valence-corrected chi connectivity index (χ2v) is 4.89. The van der Waals surface area contributed by atoms with Crippen LogP contribution >= 0.6 is 11.6 Å². The van der Waals surface area contributed by atoms with Gasteiger partial charge in [-0.1, -0.05) is 24.2 Å². The summed E-state index contributed by atoms with van der Waals surface area (Å²) in [4.78, 5) is 11.4. The van der Waals surface area contributed by atoms with E-state index in [0.29, 0.717) is 30.3 Å². The van der Waals surface area contributed by atoms with Crippen LogP contribution in [-0.2, 0) is 16.1 Å². The first-order chi connectivity index (χ1) is 9.52. The number of hydrogen-bond acceptors (Lipinski definition) is 3. The zero-order chi connectivity index (χ0) is 14.7. The van der Waals surface area contributed by atoms with Gasteiger partial charge in [0.2, 0.25) is 0 Å². The van der Waals surface area contributed by atoms with Crippen molar-refractivity contribution in [3.05, 3.63) is 41.6 Å². The fraction of sp³-hybridized carbons (Fsp3) is 0.267. The molecule has 0 spiro atoms. The van der Waals surface area contributed by atoms with Crippen molar-refractivity contribution in [2.24, 2.45) is 5.73 Å². The molecule has 106 valence electrons. The van der Waals surface area contributed by atoms with Crippen molar-refractivity contribution in [2.45, 2.75) is 19.9 Å². The highest BCUT2D eigenvalue weighted by molar-refractivity contribution is 6.35. The Balaban J connectivity index is 2.27.